The largest absolute Gasteiger partial charge is 0.435 e. The van der Waals surface area contributed by atoms with Crippen LogP contribution < -0.4 is 5.32 Å². The summed E-state index contributed by atoms with van der Waals surface area (Å²) in [5.41, 5.74) is -1.73. The fourth-order valence-electron chi connectivity index (χ4n) is 4.06. The summed E-state index contributed by atoms with van der Waals surface area (Å²) in [7, 11) is -2.98. The molecule has 4 rings (SSSR count). The van der Waals surface area contributed by atoms with Crippen LogP contribution in [-0.2, 0) is 20.3 Å². The smallest absolute Gasteiger partial charge is 0.374 e. The number of hydrogen-bond acceptors (Lipinski definition) is 5. The first-order valence-corrected chi connectivity index (χ1v) is 12.8. The third-order valence-electron chi connectivity index (χ3n) is 5.85. The van der Waals surface area contributed by atoms with Gasteiger partial charge in [0.15, 0.2) is 9.84 Å². The zero-order valence-corrected chi connectivity index (χ0v) is 20.1. The van der Waals surface area contributed by atoms with E-state index in [1.54, 1.807) is 13.0 Å². The molecule has 1 fully saturated rings. The number of hydrogen-bond donors (Lipinski definition) is 1. The monoisotopic (exact) mass is 534 g/mol. The van der Waals surface area contributed by atoms with Gasteiger partial charge in [0.2, 0.25) is 0 Å². The van der Waals surface area contributed by atoms with Crippen LogP contribution in [0.15, 0.2) is 41.6 Å². The number of nitrogens with one attached hydrogen (secondary N) is 1. The highest BCUT2D eigenvalue weighted by molar-refractivity contribution is 7.92. The molecule has 182 valence electrons. The molecule has 1 atom stereocenters. The minimum atomic E-state index is -4.81. The van der Waals surface area contributed by atoms with Gasteiger partial charge in [-0.05, 0) is 48.4 Å². The summed E-state index contributed by atoms with van der Waals surface area (Å²) in [5.74, 6) is -0.418. The molecule has 34 heavy (non-hydrogen) atoms. The maximum Gasteiger partial charge on any atom is 0.435 e. The number of halogens is 5. The normalized spacial score (nSPS) is 22.0. The SMILES string of the molecule is Cc1cc(C2=NO[C@](c3cc(Cl)cc(Cl)c3)(C(F)(F)F)C2)ccc1C(=O)NCC1CS(=O)(=O)C1. The number of carbonyl (C=O) groups is 1. The van der Waals surface area contributed by atoms with Gasteiger partial charge in [0.05, 0.1) is 17.2 Å². The van der Waals surface area contributed by atoms with Crippen molar-refractivity contribution in [2.75, 3.05) is 18.1 Å². The highest BCUT2D eigenvalue weighted by Gasteiger charge is 2.62. The number of rotatable bonds is 5. The molecule has 0 spiro atoms. The Morgan fingerprint density at radius 2 is 1.82 bits per heavy atom. The van der Waals surface area contributed by atoms with Crippen molar-refractivity contribution >= 4 is 44.7 Å². The van der Waals surface area contributed by atoms with Gasteiger partial charge < -0.3 is 10.2 Å². The molecule has 1 N–H and O–H groups in total. The molecule has 2 aliphatic rings. The fraction of sp³-hybridized carbons (Fsp3) is 0.364. The molecule has 0 radical (unpaired) electrons. The number of oxime groups is 1. The average molecular weight is 535 g/mol. The Bertz CT molecular complexity index is 1270. The topological polar surface area (TPSA) is 84.8 Å². The van der Waals surface area contributed by atoms with Gasteiger partial charge in [-0.25, -0.2) is 8.42 Å². The highest BCUT2D eigenvalue weighted by atomic mass is 35.5. The van der Waals surface area contributed by atoms with Gasteiger partial charge in [0.1, 0.15) is 0 Å². The van der Waals surface area contributed by atoms with Gasteiger partial charge in [-0.15, -0.1) is 0 Å². The van der Waals surface area contributed by atoms with Crippen LogP contribution in [0.3, 0.4) is 0 Å². The van der Waals surface area contributed by atoms with E-state index in [1.807, 2.05) is 0 Å². The lowest BCUT2D eigenvalue weighted by Gasteiger charge is -2.29. The summed E-state index contributed by atoms with van der Waals surface area (Å²) in [6, 6.07) is 8.16. The Balaban J connectivity index is 1.52. The van der Waals surface area contributed by atoms with Gasteiger partial charge >= 0.3 is 6.18 Å². The van der Waals surface area contributed by atoms with E-state index >= 15 is 0 Å². The maximum absolute atomic E-state index is 14.2. The first-order chi connectivity index (χ1) is 15.8. The molecular weight excluding hydrogens is 516 g/mol. The third-order valence-corrected chi connectivity index (χ3v) is 8.24. The van der Waals surface area contributed by atoms with Gasteiger partial charge in [-0.3, -0.25) is 4.79 Å². The number of amides is 1. The van der Waals surface area contributed by atoms with E-state index in [-0.39, 0.29) is 45.3 Å². The lowest BCUT2D eigenvalue weighted by Crippen LogP contribution is -2.44. The molecular formula is C22H19Cl2F3N2O4S. The average Bonchev–Trinajstić information content (AvgIpc) is 3.16. The number of benzene rings is 2. The second-order valence-corrected chi connectivity index (χ2v) is 11.5. The van der Waals surface area contributed by atoms with Crippen LogP contribution in [0.1, 0.15) is 33.5 Å². The highest BCUT2D eigenvalue weighted by Crippen LogP contribution is 2.49. The van der Waals surface area contributed by atoms with Crippen molar-refractivity contribution in [3.63, 3.8) is 0 Å². The van der Waals surface area contributed by atoms with Crippen LogP contribution in [0.5, 0.6) is 0 Å². The molecule has 0 saturated carbocycles. The summed E-state index contributed by atoms with van der Waals surface area (Å²) in [6.07, 6.45) is -5.41. The predicted molar refractivity (Wildman–Crippen MR) is 122 cm³/mol. The van der Waals surface area contributed by atoms with Crippen LogP contribution >= 0.6 is 23.2 Å². The van der Waals surface area contributed by atoms with E-state index in [0.29, 0.717) is 16.7 Å². The lowest BCUT2D eigenvalue weighted by molar-refractivity contribution is -0.275. The second kappa shape index (κ2) is 8.73. The summed E-state index contributed by atoms with van der Waals surface area (Å²) in [4.78, 5) is 17.5. The maximum atomic E-state index is 14.2. The molecule has 0 aromatic heterocycles. The Hall–Kier alpha value is -2.30. The predicted octanol–water partition coefficient (Wildman–Crippen LogP) is 4.66. The van der Waals surface area contributed by atoms with E-state index in [1.165, 1.54) is 18.2 Å². The molecule has 2 aliphatic heterocycles. The van der Waals surface area contributed by atoms with E-state index in [0.717, 1.165) is 12.1 Å². The first-order valence-electron chi connectivity index (χ1n) is 10.2. The van der Waals surface area contributed by atoms with E-state index in [2.05, 4.69) is 10.5 Å². The summed E-state index contributed by atoms with van der Waals surface area (Å²) < 4.78 is 65.0. The molecule has 1 amide bonds. The van der Waals surface area contributed by atoms with Crippen LogP contribution in [0.4, 0.5) is 13.2 Å². The molecule has 6 nitrogen and oxygen atoms in total. The van der Waals surface area contributed by atoms with Crippen molar-refractivity contribution in [2.24, 2.45) is 11.1 Å². The van der Waals surface area contributed by atoms with Crippen molar-refractivity contribution in [3.05, 3.63) is 68.7 Å². The van der Waals surface area contributed by atoms with E-state index in [9.17, 15) is 26.4 Å². The van der Waals surface area contributed by atoms with Crippen LogP contribution in [0.2, 0.25) is 10.0 Å². The number of alkyl halides is 3. The first kappa shape index (κ1) is 24.8. The van der Waals surface area contributed by atoms with Crippen molar-refractivity contribution < 1.29 is 31.2 Å². The molecule has 0 bridgehead atoms. The van der Waals surface area contributed by atoms with Crippen LogP contribution in [0.25, 0.3) is 0 Å². The van der Waals surface area contributed by atoms with Crippen molar-refractivity contribution in [3.8, 4) is 0 Å². The standard InChI is InChI=1S/C22H19Cl2F3N2O4S/c1-12-4-14(2-3-18(12)20(30)28-9-13-10-34(31,32)11-13)19-8-21(33-29-19,22(25,26)27)15-5-16(23)7-17(24)6-15/h2-7,13H,8-11H2,1H3,(H,28,30)/t21-/m1/s1. The molecule has 2 aromatic rings. The zero-order valence-electron chi connectivity index (χ0n) is 17.7. The Morgan fingerprint density at radius 1 is 1.18 bits per heavy atom. The third kappa shape index (κ3) is 4.76. The summed E-state index contributed by atoms with van der Waals surface area (Å²) >= 11 is 11.8. The number of sulfone groups is 1. The lowest BCUT2D eigenvalue weighted by atomic mass is 9.86. The number of carbonyl (C=O) groups excluding carboxylic acids is 1. The van der Waals surface area contributed by atoms with Crippen LogP contribution in [-0.4, -0.2) is 44.3 Å². The van der Waals surface area contributed by atoms with Gasteiger partial charge in [-0.2, -0.15) is 13.2 Å². The fourth-order valence-corrected chi connectivity index (χ4v) is 6.16. The van der Waals surface area contributed by atoms with Gasteiger partial charge in [0.25, 0.3) is 11.5 Å². The molecule has 0 unspecified atom stereocenters. The van der Waals surface area contributed by atoms with Gasteiger partial charge in [-0.1, -0.05) is 34.4 Å². The quantitative estimate of drug-likeness (QED) is 0.604. The molecule has 0 aliphatic carbocycles. The number of nitrogens with zero attached hydrogens (tertiary/aromatic N) is 1. The van der Waals surface area contributed by atoms with Crippen molar-refractivity contribution in [1.82, 2.24) is 5.32 Å². The minimum Gasteiger partial charge on any atom is -0.374 e. The zero-order chi connectivity index (χ0) is 24.9. The molecule has 2 heterocycles. The second-order valence-electron chi connectivity index (χ2n) is 8.47. The van der Waals surface area contributed by atoms with Crippen molar-refractivity contribution in [1.29, 1.82) is 0 Å². The Kier molecular flexibility index (Phi) is 6.37. The van der Waals surface area contributed by atoms with E-state index in [4.69, 9.17) is 28.0 Å². The Morgan fingerprint density at radius 3 is 2.38 bits per heavy atom. The van der Waals surface area contributed by atoms with E-state index < -0.39 is 33.9 Å². The molecule has 1 saturated heterocycles. The van der Waals surface area contributed by atoms with Gasteiger partial charge in [0, 0.05) is 40.1 Å². The summed E-state index contributed by atoms with van der Waals surface area (Å²) in [5, 5.41) is 6.50. The molecule has 2 aromatic carbocycles. The number of aryl methyl sites for hydroxylation is 1. The Labute approximate surface area is 204 Å². The minimum absolute atomic E-state index is 0.0360. The summed E-state index contributed by atoms with van der Waals surface area (Å²) in [6.45, 7) is 1.88. The van der Waals surface area contributed by atoms with Crippen LogP contribution in [0, 0.1) is 12.8 Å². The van der Waals surface area contributed by atoms with Crippen molar-refractivity contribution in [2.45, 2.75) is 25.1 Å². The molecule has 12 heteroatoms.